The molecular weight excluding hydrogens is 284 g/mol. The summed E-state index contributed by atoms with van der Waals surface area (Å²) in [6, 6.07) is 7.55. The third-order valence-electron chi connectivity index (χ3n) is 3.06. The average molecular weight is 300 g/mol. The molecule has 0 N–H and O–H groups in total. The fourth-order valence-electron chi connectivity index (χ4n) is 1.88. The van der Waals surface area contributed by atoms with Gasteiger partial charge in [0.1, 0.15) is 6.20 Å². The highest BCUT2D eigenvalue weighted by Gasteiger charge is 2.10. The summed E-state index contributed by atoms with van der Waals surface area (Å²) in [5.74, 6) is -0.288. The molecule has 0 radical (unpaired) electrons. The summed E-state index contributed by atoms with van der Waals surface area (Å²) < 4.78 is 1.64. The number of nitrogens with zero attached hydrogens (tertiary/aromatic N) is 4. The number of likely N-dealkylation sites (N-methyl/N-ethyl adjacent to an activating group) is 1. The van der Waals surface area contributed by atoms with E-state index in [1.807, 2.05) is 24.3 Å². The second-order valence-corrected chi connectivity index (χ2v) is 4.93. The lowest BCUT2D eigenvalue weighted by Crippen LogP contribution is -2.18. The molecule has 7 heteroatoms. The Labute approximate surface area is 127 Å². The standard InChI is InChI=1S/C15H16N4O3/c1-17(2)15(20)8-7-12-5-3-4-6-13(12)9-18-10-14(16-11-18)19(21)22/h3-8,10-11H,9H2,1-2H3/b8-7+. The Bertz CT molecular complexity index is 719. The first-order valence-corrected chi connectivity index (χ1v) is 6.61. The molecule has 0 unspecified atom stereocenters. The summed E-state index contributed by atoms with van der Waals surface area (Å²) in [5, 5.41) is 10.7. The number of hydrogen-bond acceptors (Lipinski definition) is 4. The lowest BCUT2D eigenvalue weighted by Gasteiger charge is -2.07. The Morgan fingerprint density at radius 3 is 2.77 bits per heavy atom. The number of aromatic nitrogens is 2. The van der Waals surface area contributed by atoms with Crippen LogP contribution in [0.2, 0.25) is 0 Å². The molecule has 22 heavy (non-hydrogen) atoms. The predicted molar refractivity (Wildman–Crippen MR) is 82.2 cm³/mol. The number of nitro groups is 1. The fraction of sp³-hybridized carbons (Fsp3) is 0.200. The molecule has 0 spiro atoms. The van der Waals surface area contributed by atoms with Crippen molar-refractivity contribution in [1.82, 2.24) is 14.5 Å². The van der Waals surface area contributed by atoms with Crippen LogP contribution in [0.1, 0.15) is 11.1 Å². The van der Waals surface area contributed by atoms with Gasteiger partial charge < -0.3 is 19.6 Å². The maximum atomic E-state index is 11.6. The molecule has 114 valence electrons. The average Bonchev–Trinajstić information content (AvgIpc) is 2.94. The number of carbonyl (C=O) groups is 1. The first kappa shape index (κ1) is 15.4. The molecule has 1 aromatic carbocycles. The number of amides is 1. The fourth-order valence-corrected chi connectivity index (χ4v) is 1.88. The summed E-state index contributed by atoms with van der Waals surface area (Å²) in [4.78, 5) is 26.9. The number of imidazole rings is 1. The summed E-state index contributed by atoms with van der Waals surface area (Å²) >= 11 is 0. The number of rotatable bonds is 5. The van der Waals surface area contributed by atoms with E-state index in [0.29, 0.717) is 6.54 Å². The van der Waals surface area contributed by atoms with E-state index in [-0.39, 0.29) is 11.7 Å². The molecule has 0 aliphatic heterocycles. The Kier molecular flexibility index (Phi) is 4.67. The van der Waals surface area contributed by atoms with Gasteiger partial charge in [0.2, 0.25) is 12.2 Å². The Hall–Kier alpha value is -2.96. The van der Waals surface area contributed by atoms with Crippen molar-refractivity contribution in [3.05, 3.63) is 64.1 Å². The van der Waals surface area contributed by atoms with Crippen LogP contribution < -0.4 is 0 Å². The van der Waals surface area contributed by atoms with E-state index < -0.39 is 4.92 Å². The van der Waals surface area contributed by atoms with Crippen molar-refractivity contribution in [3.8, 4) is 0 Å². The Morgan fingerprint density at radius 1 is 1.41 bits per heavy atom. The monoisotopic (exact) mass is 300 g/mol. The summed E-state index contributed by atoms with van der Waals surface area (Å²) in [6.45, 7) is 0.442. The van der Waals surface area contributed by atoms with E-state index >= 15 is 0 Å². The largest absolute Gasteiger partial charge is 0.381 e. The molecular formula is C15H16N4O3. The van der Waals surface area contributed by atoms with Crippen LogP contribution in [0.3, 0.4) is 0 Å². The zero-order chi connectivity index (χ0) is 16.1. The highest BCUT2D eigenvalue weighted by atomic mass is 16.6. The van der Waals surface area contributed by atoms with Crippen LogP contribution >= 0.6 is 0 Å². The van der Waals surface area contributed by atoms with Crippen LogP contribution in [0, 0.1) is 10.1 Å². The van der Waals surface area contributed by atoms with Crippen molar-refractivity contribution in [3.63, 3.8) is 0 Å². The summed E-state index contributed by atoms with van der Waals surface area (Å²) in [7, 11) is 3.37. The maximum Gasteiger partial charge on any atom is 0.381 e. The molecule has 0 bridgehead atoms. The molecule has 0 fully saturated rings. The van der Waals surface area contributed by atoms with E-state index in [9.17, 15) is 14.9 Å². The smallest absolute Gasteiger partial charge is 0.358 e. The lowest BCUT2D eigenvalue weighted by molar-refractivity contribution is -0.389. The van der Waals surface area contributed by atoms with Crippen LogP contribution in [0.15, 0.2) is 42.9 Å². The molecule has 0 saturated carbocycles. The topological polar surface area (TPSA) is 81.3 Å². The van der Waals surface area contributed by atoms with Gasteiger partial charge in [-0.25, -0.2) is 0 Å². The normalized spacial score (nSPS) is 10.8. The van der Waals surface area contributed by atoms with Gasteiger partial charge in [0, 0.05) is 20.2 Å². The lowest BCUT2D eigenvalue weighted by atomic mass is 10.1. The number of carbonyl (C=O) groups excluding carboxylic acids is 1. The van der Waals surface area contributed by atoms with Crippen molar-refractivity contribution in [2.45, 2.75) is 6.54 Å². The van der Waals surface area contributed by atoms with Crippen molar-refractivity contribution in [2.24, 2.45) is 0 Å². The molecule has 1 aromatic heterocycles. The van der Waals surface area contributed by atoms with Crippen molar-refractivity contribution < 1.29 is 9.72 Å². The van der Waals surface area contributed by atoms with Gasteiger partial charge in [-0.1, -0.05) is 24.3 Å². The van der Waals surface area contributed by atoms with Crippen LogP contribution in [-0.4, -0.2) is 39.4 Å². The van der Waals surface area contributed by atoms with Crippen LogP contribution in [0.25, 0.3) is 6.08 Å². The van der Waals surface area contributed by atoms with Crippen molar-refractivity contribution in [1.29, 1.82) is 0 Å². The second-order valence-electron chi connectivity index (χ2n) is 4.93. The molecule has 0 atom stereocenters. The van der Waals surface area contributed by atoms with Gasteiger partial charge in [0.05, 0.1) is 6.54 Å². The third kappa shape index (κ3) is 3.78. The van der Waals surface area contributed by atoms with Gasteiger partial charge in [0.15, 0.2) is 0 Å². The second kappa shape index (κ2) is 6.66. The van der Waals surface area contributed by atoms with Crippen LogP contribution in [0.5, 0.6) is 0 Å². The first-order valence-electron chi connectivity index (χ1n) is 6.61. The van der Waals surface area contributed by atoms with Gasteiger partial charge >= 0.3 is 5.82 Å². The minimum Gasteiger partial charge on any atom is -0.358 e. The highest BCUT2D eigenvalue weighted by molar-refractivity contribution is 5.91. The van der Waals surface area contributed by atoms with Crippen molar-refractivity contribution in [2.75, 3.05) is 14.1 Å². The molecule has 7 nitrogen and oxygen atoms in total. The van der Waals surface area contributed by atoms with Gasteiger partial charge in [-0.2, -0.15) is 0 Å². The zero-order valence-corrected chi connectivity index (χ0v) is 12.3. The Morgan fingerprint density at radius 2 is 2.14 bits per heavy atom. The molecule has 0 saturated heterocycles. The highest BCUT2D eigenvalue weighted by Crippen LogP contribution is 2.14. The molecule has 2 rings (SSSR count). The van der Waals surface area contributed by atoms with E-state index in [1.54, 1.807) is 24.7 Å². The SMILES string of the molecule is CN(C)C(=O)/C=C/c1ccccc1Cn1cnc([N+](=O)[O-])c1. The molecule has 1 heterocycles. The van der Waals surface area contributed by atoms with E-state index in [1.165, 1.54) is 23.5 Å². The molecule has 0 aliphatic carbocycles. The summed E-state index contributed by atoms with van der Waals surface area (Å²) in [5.41, 5.74) is 1.83. The maximum absolute atomic E-state index is 11.6. The first-order chi connectivity index (χ1) is 10.5. The molecule has 1 amide bonds. The van der Waals surface area contributed by atoms with E-state index in [2.05, 4.69) is 4.98 Å². The molecule has 2 aromatic rings. The minimum atomic E-state index is -0.530. The number of benzene rings is 1. The van der Waals surface area contributed by atoms with Gasteiger partial charge in [-0.3, -0.25) is 4.79 Å². The van der Waals surface area contributed by atoms with Crippen LogP contribution in [-0.2, 0) is 11.3 Å². The quantitative estimate of drug-likeness (QED) is 0.480. The minimum absolute atomic E-state index is 0.104. The van der Waals surface area contributed by atoms with Gasteiger partial charge in [-0.15, -0.1) is 0 Å². The van der Waals surface area contributed by atoms with E-state index in [4.69, 9.17) is 0 Å². The van der Waals surface area contributed by atoms with Gasteiger partial charge in [-0.05, 0) is 27.1 Å². The zero-order valence-electron chi connectivity index (χ0n) is 12.3. The summed E-state index contributed by atoms with van der Waals surface area (Å²) in [6.07, 6.45) is 6.03. The third-order valence-corrected chi connectivity index (χ3v) is 3.06. The van der Waals surface area contributed by atoms with Gasteiger partial charge in [0.25, 0.3) is 0 Å². The predicted octanol–water partition coefficient (Wildman–Crippen LogP) is 1.94. The number of hydrogen-bond donors (Lipinski definition) is 0. The molecule has 0 aliphatic rings. The Balaban J connectivity index is 2.20. The van der Waals surface area contributed by atoms with Crippen molar-refractivity contribution >= 4 is 17.8 Å². The van der Waals surface area contributed by atoms with Crippen LogP contribution in [0.4, 0.5) is 5.82 Å². The van der Waals surface area contributed by atoms with E-state index in [0.717, 1.165) is 11.1 Å².